The van der Waals surface area contributed by atoms with Gasteiger partial charge in [-0.05, 0) is 24.7 Å². The van der Waals surface area contributed by atoms with Crippen LogP contribution in [-0.4, -0.2) is 25.4 Å². The Morgan fingerprint density at radius 2 is 1.88 bits per heavy atom. The minimum atomic E-state index is -0.365. The molecule has 5 heteroatoms. The van der Waals surface area contributed by atoms with Crippen LogP contribution in [0.4, 0.5) is 5.69 Å². The number of hydrogen-bond acceptors (Lipinski definition) is 3. The molecule has 0 aliphatic rings. The maximum absolute atomic E-state index is 11.4. The molecule has 1 aromatic rings. The van der Waals surface area contributed by atoms with E-state index in [1.165, 1.54) is 0 Å². The third kappa shape index (κ3) is 5.12. The van der Waals surface area contributed by atoms with Crippen molar-refractivity contribution >= 4 is 17.5 Å². The summed E-state index contributed by atoms with van der Waals surface area (Å²) in [6, 6.07) is 7.07. The predicted molar refractivity (Wildman–Crippen MR) is 66.5 cm³/mol. The maximum atomic E-state index is 11.4. The molecule has 1 aromatic carbocycles. The molecule has 0 saturated carbocycles. The Balaban J connectivity index is 2.50. The van der Waals surface area contributed by atoms with Gasteiger partial charge in [0.05, 0.1) is 6.42 Å². The molecule has 0 saturated heterocycles. The van der Waals surface area contributed by atoms with Gasteiger partial charge in [0, 0.05) is 18.7 Å². The highest BCUT2D eigenvalue weighted by atomic mass is 16.1. The van der Waals surface area contributed by atoms with Crippen LogP contribution in [0.1, 0.15) is 12.0 Å². The summed E-state index contributed by atoms with van der Waals surface area (Å²) in [5.74, 6) is -0.405. The van der Waals surface area contributed by atoms with Gasteiger partial charge in [-0.3, -0.25) is 9.59 Å². The number of benzene rings is 1. The van der Waals surface area contributed by atoms with Crippen molar-refractivity contribution in [2.45, 2.75) is 12.8 Å². The standard InChI is InChI=1S/C12H17N3O2/c1-14-7-6-12(17)15-10-4-2-9(3-5-10)8-11(13)16/h2-5,14H,6-8H2,1H3,(H2,13,16)(H,15,17). The molecular weight excluding hydrogens is 218 g/mol. The van der Waals surface area contributed by atoms with Gasteiger partial charge >= 0.3 is 0 Å². The molecule has 1 rings (SSSR count). The maximum Gasteiger partial charge on any atom is 0.225 e. The molecule has 2 amide bonds. The lowest BCUT2D eigenvalue weighted by molar-refractivity contribution is -0.117. The third-order valence-corrected chi connectivity index (χ3v) is 2.22. The van der Waals surface area contributed by atoms with Crippen molar-refractivity contribution < 1.29 is 9.59 Å². The van der Waals surface area contributed by atoms with Gasteiger partial charge in [-0.1, -0.05) is 12.1 Å². The largest absolute Gasteiger partial charge is 0.369 e. The number of nitrogens with two attached hydrogens (primary N) is 1. The topological polar surface area (TPSA) is 84.2 Å². The number of anilines is 1. The van der Waals surface area contributed by atoms with Gasteiger partial charge < -0.3 is 16.4 Å². The number of hydrogen-bond donors (Lipinski definition) is 3. The van der Waals surface area contributed by atoms with Crippen LogP contribution < -0.4 is 16.4 Å². The highest BCUT2D eigenvalue weighted by molar-refractivity contribution is 5.90. The van der Waals surface area contributed by atoms with E-state index >= 15 is 0 Å². The van der Waals surface area contributed by atoms with E-state index in [9.17, 15) is 9.59 Å². The Bertz CT molecular complexity index is 387. The molecule has 4 N–H and O–H groups in total. The van der Waals surface area contributed by atoms with Crippen LogP contribution in [0.15, 0.2) is 24.3 Å². The van der Waals surface area contributed by atoms with Crippen molar-refractivity contribution in [3.05, 3.63) is 29.8 Å². The summed E-state index contributed by atoms with van der Waals surface area (Å²) in [5.41, 5.74) is 6.64. The lowest BCUT2D eigenvalue weighted by atomic mass is 10.1. The number of amides is 2. The first-order chi connectivity index (χ1) is 8.11. The fourth-order valence-corrected chi connectivity index (χ4v) is 1.37. The normalized spacial score (nSPS) is 9.94. The summed E-state index contributed by atoms with van der Waals surface area (Å²) >= 11 is 0. The van der Waals surface area contributed by atoms with Crippen LogP contribution in [0, 0.1) is 0 Å². The average molecular weight is 235 g/mol. The molecule has 0 aliphatic heterocycles. The van der Waals surface area contributed by atoms with Gasteiger partial charge in [0.25, 0.3) is 0 Å². The van der Waals surface area contributed by atoms with Gasteiger partial charge in [0.2, 0.25) is 11.8 Å². The molecule has 92 valence electrons. The van der Waals surface area contributed by atoms with Gasteiger partial charge in [0.1, 0.15) is 0 Å². The van der Waals surface area contributed by atoms with E-state index in [0.717, 1.165) is 11.3 Å². The number of nitrogens with one attached hydrogen (secondary N) is 2. The van der Waals surface area contributed by atoms with Gasteiger partial charge in [-0.25, -0.2) is 0 Å². The first-order valence-corrected chi connectivity index (χ1v) is 5.43. The second kappa shape index (κ2) is 6.65. The summed E-state index contributed by atoms with van der Waals surface area (Å²) in [4.78, 5) is 22.1. The van der Waals surface area contributed by atoms with E-state index in [-0.39, 0.29) is 18.2 Å². The molecule has 0 radical (unpaired) electrons. The quantitative estimate of drug-likeness (QED) is 0.661. The number of carbonyl (C=O) groups excluding carboxylic acids is 2. The minimum Gasteiger partial charge on any atom is -0.369 e. The summed E-state index contributed by atoms with van der Waals surface area (Å²) in [7, 11) is 1.80. The van der Waals surface area contributed by atoms with E-state index in [1.54, 1.807) is 31.3 Å². The van der Waals surface area contributed by atoms with E-state index in [2.05, 4.69) is 10.6 Å². The second-order valence-electron chi connectivity index (χ2n) is 3.74. The van der Waals surface area contributed by atoms with Crippen molar-refractivity contribution in [1.29, 1.82) is 0 Å². The fourth-order valence-electron chi connectivity index (χ4n) is 1.37. The molecule has 0 atom stereocenters. The van der Waals surface area contributed by atoms with Gasteiger partial charge in [0.15, 0.2) is 0 Å². The van der Waals surface area contributed by atoms with Gasteiger partial charge in [-0.15, -0.1) is 0 Å². The average Bonchev–Trinajstić information content (AvgIpc) is 2.28. The summed E-state index contributed by atoms with van der Waals surface area (Å²) in [6.07, 6.45) is 0.646. The van der Waals surface area contributed by atoms with E-state index in [4.69, 9.17) is 5.73 Å². The van der Waals surface area contributed by atoms with Gasteiger partial charge in [-0.2, -0.15) is 0 Å². The molecule has 0 aromatic heterocycles. The van der Waals surface area contributed by atoms with Crippen LogP contribution >= 0.6 is 0 Å². The van der Waals surface area contributed by atoms with E-state index in [0.29, 0.717) is 13.0 Å². The SMILES string of the molecule is CNCCC(=O)Nc1ccc(CC(N)=O)cc1. The second-order valence-corrected chi connectivity index (χ2v) is 3.74. The zero-order valence-corrected chi connectivity index (χ0v) is 9.82. The molecule has 0 heterocycles. The zero-order chi connectivity index (χ0) is 12.7. The number of rotatable bonds is 6. The molecule has 5 nitrogen and oxygen atoms in total. The molecular formula is C12H17N3O2. The van der Waals surface area contributed by atoms with Crippen molar-refractivity contribution in [1.82, 2.24) is 5.32 Å². The Kier molecular flexibility index (Phi) is 5.16. The van der Waals surface area contributed by atoms with Crippen LogP contribution in [0.5, 0.6) is 0 Å². The van der Waals surface area contributed by atoms with Crippen molar-refractivity contribution in [3.8, 4) is 0 Å². The zero-order valence-electron chi connectivity index (χ0n) is 9.82. The molecule has 0 spiro atoms. The highest BCUT2D eigenvalue weighted by Crippen LogP contribution is 2.10. The summed E-state index contributed by atoms with van der Waals surface area (Å²) < 4.78 is 0. The Morgan fingerprint density at radius 1 is 1.24 bits per heavy atom. The third-order valence-electron chi connectivity index (χ3n) is 2.22. The monoisotopic (exact) mass is 235 g/mol. The molecule has 0 fully saturated rings. The molecule has 17 heavy (non-hydrogen) atoms. The smallest absolute Gasteiger partial charge is 0.225 e. The highest BCUT2D eigenvalue weighted by Gasteiger charge is 2.02. The first kappa shape index (κ1) is 13.2. The lowest BCUT2D eigenvalue weighted by Crippen LogP contribution is -2.18. The Labute approximate surface area is 100 Å². The number of carbonyl (C=O) groups is 2. The fraction of sp³-hybridized carbons (Fsp3) is 0.333. The van der Waals surface area contributed by atoms with E-state index in [1.807, 2.05) is 0 Å². The minimum absolute atomic E-state index is 0.0398. The van der Waals surface area contributed by atoms with Crippen LogP contribution in [-0.2, 0) is 16.0 Å². The molecule has 0 bridgehead atoms. The van der Waals surface area contributed by atoms with Crippen molar-refractivity contribution in [3.63, 3.8) is 0 Å². The van der Waals surface area contributed by atoms with E-state index < -0.39 is 0 Å². The van der Waals surface area contributed by atoms with Crippen LogP contribution in [0.25, 0.3) is 0 Å². The number of primary amides is 1. The van der Waals surface area contributed by atoms with Crippen molar-refractivity contribution in [2.75, 3.05) is 18.9 Å². The van der Waals surface area contributed by atoms with Crippen molar-refractivity contribution in [2.24, 2.45) is 5.73 Å². The molecule has 0 aliphatic carbocycles. The van der Waals surface area contributed by atoms with Crippen LogP contribution in [0.3, 0.4) is 0 Å². The summed E-state index contributed by atoms with van der Waals surface area (Å²) in [6.45, 7) is 0.644. The first-order valence-electron chi connectivity index (χ1n) is 5.43. The molecule has 0 unspecified atom stereocenters. The Morgan fingerprint density at radius 3 is 2.41 bits per heavy atom. The Hall–Kier alpha value is -1.88. The lowest BCUT2D eigenvalue weighted by Gasteiger charge is -2.05. The predicted octanol–water partition coefficient (Wildman–Crippen LogP) is 0.262. The van der Waals surface area contributed by atoms with Crippen LogP contribution in [0.2, 0.25) is 0 Å². The summed E-state index contributed by atoms with van der Waals surface area (Å²) in [5, 5.41) is 5.67.